The van der Waals surface area contributed by atoms with Gasteiger partial charge in [-0.25, -0.2) is 4.98 Å². The van der Waals surface area contributed by atoms with Crippen LogP contribution in [0.2, 0.25) is 0 Å². The highest BCUT2D eigenvalue weighted by molar-refractivity contribution is 6.03. The van der Waals surface area contributed by atoms with Crippen LogP contribution in [0.15, 0.2) is 47.5 Å². The number of fused-ring (bicyclic) bond motifs is 3. The molecule has 0 spiro atoms. The molecule has 10 nitrogen and oxygen atoms in total. The predicted octanol–water partition coefficient (Wildman–Crippen LogP) is 3.31. The minimum Gasteiger partial charge on any atom is -0.389 e. The highest BCUT2D eigenvalue weighted by atomic mass is 16.5. The maximum atomic E-state index is 13.2. The van der Waals surface area contributed by atoms with Gasteiger partial charge in [0, 0.05) is 24.2 Å². The molecule has 0 saturated carbocycles. The minimum atomic E-state index is -1.08. The van der Waals surface area contributed by atoms with Gasteiger partial charge in [-0.15, -0.1) is 0 Å². The number of carbonyl (C=O) groups excluding carboxylic acids is 1. The zero-order valence-electron chi connectivity index (χ0n) is 21.6. The van der Waals surface area contributed by atoms with Gasteiger partial charge in [-0.1, -0.05) is 0 Å². The fourth-order valence-electron chi connectivity index (χ4n) is 5.13. The highest BCUT2D eigenvalue weighted by Gasteiger charge is 2.27. The Bertz CT molecular complexity index is 1620. The second kappa shape index (κ2) is 10.0. The topological polar surface area (TPSA) is 135 Å². The van der Waals surface area contributed by atoms with E-state index in [0.29, 0.717) is 23.5 Å². The van der Waals surface area contributed by atoms with Crippen LogP contribution in [-0.4, -0.2) is 48.4 Å². The van der Waals surface area contributed by atoms with Crippen molar-refractivity contribution in [2.75, 3.05) is 11.9 Å². The molecule has 0 aliphatic carbocycles. The molecule has 1 amide bonds. The number of nitrogens with zero attached hydrogens (tertiary/aromatic N) is 5. The Balaban J connectivity index is 1.54. The van der Waals surface area contributed by atoms with Gasteiger partial charge in [-0.05, 0) is 63.9 Å². The second-order valence-corrected chi connectivity index (χ2v) is 10.5. The summed E-state index contributed by atoms with van der Waals surface area (Å²) in [7, 11) is 0. The largest absolute Gasteiger partial charge is 0.389 e. The Morgan fingerprint density at radius 2 is 2.13 bits per heavy atom. The molecule has 0 bridgehead atoms. The van der Waals surface area contributed by atoms with E-state index >= 15 is 0 Å². The first-order valence-electron chi connectivity index (χ1n) is 12.7. The van der Waals surface area contributed by atoms with Crippen LogP contribution in [0.1, 0.15) is 51.0 Å². The minimum absolute atomic E-state index is 0.0450. The Labute approximate surface area is 219 Å². The Hall–Kier alpha value is -4.07. The molecule has 2 atom stereocenters. The van der Waals surface area contributed by atoms with Gasteiger partial charge in [-0.3, -0.25) is 14.6 Å². The summed E-state index contributed by atoms with van der Waals surface area (Å²) in [5.41, 5.74) is 1.39. The van der Waals surface area contributed by atoms with Crippen molar-refractivity contribution in [1.29, 1.82) is 5.26 Å². The van der Waals surface area contributed by atoms with E-state index in [1.54, 1.807) is 44.4 Å². The Kier molecular flexibility index (Phi) is 6.73. The number of hydrogen-bond acceptors (Lipinski definition) is 7. The van der Waals surface area contributed by atoms with Gasteiger partial charge in [0.2, 0.25) is 5.91 Å². The van der Waals surface area contributed by atoms with Gasteiger partial charge in [0.15, 0.2) is 0 Å². The van der Waals surface area contributed by atoms with Crippen LogP contribution in [-0.2, 0) is 22.5 Å². The zero-order valence-corrected chi connectivity index (χ0v) is 21.6. The van der Waals surface area contributed by atoms with Crippen LogP contribution in [0.5, 0.6) is 0 Å². The first kappa shape index (κ1) is 25.6. The quantitative estimate of drug-likeness (QED) is 0.403. The van der Waals surface area contributed by atoms with Crippen molar-refractivity contribution in [3.05, 3.63) is 64.5 Å². The summed E-state index contributed by atoms with van der Waals surface area (Å²) in [6.07, 6.45) is 4.77. The number of amides is 1. The smallest absolute Gasteiger partial charge is 0.274 e. The lowest BCUT2D eigenvalue weighted by Crippen LogP contribution is -2.34. The number of aliphatic hydroxyl groups is 1. The third kappa shape index (κ3) is 5.16. The van der Waals surface area contributed by atoms with Crippen LogP contribution in [0.25, 0.3) is 21.9 Å². The molecular weight excluding hydrogens is 484 g/mol. The van der Waals surface area contributed by atoms with E-state index < -0.39 is 11.2 Å². The van der Waals surface area contributed by atoms with Gasteiger partial charge in [0.05, 0.1) is 53.5 Å². The van der Waals surface area contributed by atoms with E-state index in [4.69, 9.17) is 9.72 Å². The summed E-state index contributed by atoms with van der Waals surface area (Å²) in [6.45, 7) is 5.95. The molecule has 1 saturated heterocycles. The van der Waals surface area contributed by atoms with E-state index in [2.05, 4.69) is 20.9 Å². The van der Waals surface area contributed by atoms with Crippen molar-refractivity contribution >= 4 is 33.5 Å². The van der Waals surface area contributed by atoms with Crippen molar-refractivity contribution in [3.8, 4) is 6.07 Å². The molecule has 1 aromatic carbocycles. The molecule has 0 radical (unpaired) electrons. The average Bonchev–Trinajstić information content (AvgIpc) is 3.23. The van der Waals surface area contributed by atoms with E-state index in [1.807, 2.05) is 19.1 Å². The number of pyridine rings is 2. The number of rotatable bonds is 6. The lowest BCUT2D eigenvalue weighted by molar-refractivity contribution is -0.115. The molecule has 5 rings (SSSR count). The number of ether oxygens (including phenoxy) is 1. The first-order valence-corrected chi connectivity index (χ1v) is 12.7. The zero-order chi connectivity index (χ0) is 27.0. The number of benzene rings is 1. The van der Waals surface area contributed by atoms with E-state index in [1.165, 1.54) is 4.57 Å². The maximum Gasteiger partial charge on any atom is 0.274 e. The van der Waals surface area contributed by atoms with Crippen LogP contribution in [0.4, 0.5) is 5.69 Å². The van der Waals surface area contributed by atoms with Gasteiger partial charge in [-0.2, -0.15) is 5.26 Å². The van der Waals surface area contributed by atoms with Crippen LogP contribution < -0.4 is 10.9 Å². The summed E-state index contributed by atoms with van der Waals surface area (Å²) in [4.78, 5) is 35.4. The van der Waals surface area contributed by atoms with Gasteiger partial charge in [0.25, 0.3) is 5.56 Å². The summed E-state index contributed by atoms with van der Waals surface area (Å²) in [5.74, 6) is 0.177. The number of nitriles is 1. The van der Waals surface area contributed by atoms with Crippen LogP contribution in [0, 0.1) is 11.3 Å². The van der Waals surface area contributed by atoms with E-state index in [0.717, 1.165) is 29.3 Å². The Morgan fingerprint density at radius 3 is 2.87 bits per heavy atom. The third-order valence-corrected chi connectivity index (χ3v) is 6.71. The molecule has 4 aromatic rings. The average molecular weight is 515 g/mol. The molecule has 1 aliphatic rings. The molecule has 0 unspecified atom stereocenters. The monoisotopic (exact) mass is 514 g/mol. The number of carbonyl (C=O) groups is 1. The summed E-state index contributed by atoms with van der Waals surface area (Å²) >= 11 is 0. The normalized spacial score (nSPS) is 18.0. The molecule has 10 heteroatoms. The number of nitrogens with one attached hydrogen (secondary N) is 1. The van der Waals surface area contributed by atoms with Crippen molar-refractivity contribution in [2.24, 2.45) is 0 Å². The first-order chi connectivity index (χ1) is 18.1. The lowest BCUT2D eigenvalue weighted by Gasteiger charge is -2.30. The summed E-state index contributed by atoms with van der Waals surface area (Å²) in [6, 6.07) is 10.8. The fraction of sp³-hybridized carbons (Fsp3) is 0.393. The number of aromatic nitrogens is 4. The molecule has 3 aromatic heterocycles. The standard InChI is InChI=1S/C28H30N6O4/c1-17-11-19(8-10-38-17)34-24(31-23-15-30-21-7-6-18(14-29)12-20(21)26(23)34)13-25(35)32-22-5-4-9-33(27(22)36)16-28(2,3)37/h4-7,9,12,15,17,19,37H,8,10-11,13,16H2,1-3H3,(H,32,35)/t17-,19-/m1/s1. The SMILES string of the molecule is C[C@@H]1C[C@H](n2c(CC(=O)Nc3cccn(CC(C)(C)O)c3=O)nc3cnc4ccc(C#N)cc4c32)CCO1. The summed E-state index contributed by atoms with van der Waals surface area (Å²) in [5, 5.41) is 23.1. The van der Waals surface area contributed by atoms with Gasteiger partial charge >= 0.3 is 0 Å². The summed E-state index contributed by atoms with van der Waals surface area (Å²) < 4.78 is 9.25. The number of hydrogen-bond donors (Lipinski definition) is 2. The maximum absolute atomic E-state index is 13.2. The fourth-order valence-corrected chi connectivity index (χ4v) is 5.13. The molecule has 38 heavy (non-hydrogen) atoms. The molecule has 1 fully saturated rings. The van der Waals surface area contributed by atoms with Crippen molar-refractivity contribution in [2.45, 2.75) is 64.3 Å². The number of anilines is 1. The van der Waals surface area contributed by atoms with Crippen LogP contribution in [0.3, 0.4) is 0 Å². The highest BCUT2D eigenvalue weighted by Crippen LogP contribution is 2.34. The second-order valence-electron chi connectivity index (χ2n) is 10.5. The predicted molar refractivity (Wildman–Crippen MR) is 143 cm³/mol. The van der Waals surface area contributed by atoms with Crippen molar-refractivity contribution in [1.82, 2.24) is 19.1 Å². The van der Waals surface area contributed by atoms with Crippen molar-refractivity contribution < 1.29 is 14.6 Å². The molecule has 196 valence electrons. The van der Waals surface area contributed by atoms with E-state index in [9.17, 15) is 20.0 Å². The molecule has 4 heterocycles. The third-order valence-electron chi connectivity index (χ3n) is 6.71. The number of imidazole rings is 1. The van der Waals surface area contributed by atoms with Gasteiger partial charge < -0.3 is 24.3 Å². The molecular formula is C28H30N6O4. The molecule has 2 N–H and O–H groups in total. The lowest BCUT2D eigenvalue weighted by atomic mass is 10.0. The molecule has 1 aliphatic heterocycles. The Morgan fingerprint density at radius 1 is 1.32 bits per heavy atom. The van der Waals surface area contributed by atoms with Crippen LogP contribution >= 0.6 is 0 Å². The van der Waals surface area contributed by atoms with Crippen molar-refractivity contribution in [3.63, 3.8) is 0 Å². The van der Waals surface area contributed by atoms with E-state index in [-0.39, 0.29) is 36.7 Å². The van der Waals surface area contributed by atoms with Gasteiger partial charge in [0.1, 0.15) is 17.0 Å².